The van der Waals surface area contributed by atoms with E-state index in [1.807, 2.05) is 18.7 Å². The molecule has 0 bridgehead atoms. The fourth-order valence-corrected chi connectivity index (χ4v) is 3.62. The highest BCUT2D eigenvalue weighted by atomic mass is 16.2. The molecule has 2 fully saturated rings. The van der Waals surface area contributed by atoms with Gasteiger partial charge in [0, 0.05) is 50.5 Å². The maximum atomic E-state index is 12.8. The number of carbonyl (C=O) groups is 2. The molecule has 1 aromatic heterocycles. The van der Waals surface area contributed by atoms with E-state index in [0.29, 0.717) is 26.2 Å². The zero-order chi connectivity index (χ0) is 18.0. The lowest BCUT2D eigenvalue weighted by atomic mass is 9.96. The molecule has 2 aliphatic rings. The van der Waals surface area contributed by atoms with E-state index in [1.54, 1.807) is 11.2 Å². The normalized spacial score (nSPS) is 21.4. The Bertz CT molecular complexity index is 657. The average Bonchev–Trinajstić information content (AvgIpc) is 2.63. The quantitative estimate of drug-likeness (QED) is 0.843. The molecule has 3 rings (SSSR count). The van der Waals surface area contributed by atoms with E-state index in [9.17, 15) is 9.59 Å². The molecule has 2 saturated heterocycles. The van der Waals surface area contributed by atoms with Crippen LogP contribution in [0.2, 0.25) is 0 Å². The van der Waals surface area contributed by atoms with Crippen molar-refractivity contribution in [1.29, 1.82) is 0 Å². The van der Waals surface area contributed by atoms with Gasteiger partial charge in [0.1, 0.15) is 12.1 Å². The van der Waals surface area contributed by atoms with Crippen LogP contribution in [-0.2, 0) is 4.79 Å². The number of hydrogen-bond donors (Lipinski definition) is 1. The summed E-state index contributed by atoms with van der Waals surface area (Å²) in [5, 5.41) is 0. The van der Waals surface area contributed by atoms with E-state index in [2.05, 4.69) is 14.9 Å². The first-order valence-corrected chi connectivity index (χ1v) is 8.83. The highest BCUT2D eigenvalue weighted by Crippen LogP contribution is 2.22. The predicted molar refractivity (Wildman–Crippen MR) is 94.2 cm³/mol. The standard InChI is InChI=1S/C17H26N6O2/c1-12-13(2)19-11-20-15(12)21-6-8-22(9-7-21)16(24)14-4-3-5-23(10-14)17(18)25/h11,14H,3-10H2,1-2H3,(H2,18,25)/t14-/m1/s1. The third-order valence-corrected chi connectivity index (χ3v) is 5.28. The molecule has 0 saturated carbocycles. The number of aryl methyl sites for hydroxylation is 1. The molecule has 25 heavy (non-hydrogen) atoms. The fraction of sp³-hybridized carbons (Fsp3) is 0.647. The van der Waals surface area contributed by atoms with Gasteiger partial charge in [0.25, 0.3) is 0 Å². The molecule has 0 radical (unpaired) electrons. The Morgan fingerprint density at radius 1 is 1.08 bits per heavy atom. The molecule has 0 spiro atoms. The summed E-state index contributed by atoms with van der Waals surface area (Å²) in [6.45, 7) is 7.97. The first-order valence-electron chi connectivity index (χ1n) is 8.83. The smallest absolute Gasteiger partial charge is 0.314 e. The Kier molecular flexibility index (Phi) is 5.06. The molecular weight excluding hydrogens is 320 g/mol. The van der Waals surface area contributed by atoms with Crippen LogP contribution in [0.5, 0.6) is 0 Å². The molecule has 8 heteroatoms. The topological polar surface area (TPSA) is 95.7 Å². The molecule has 2 aliphatic heterocycles. The number of piperazine rings is 1. The number of urea groups is 1. The van der Waals surface area contributed by atoms with Gasteiger partial charge in [-0.3, -0.25) is 4.79 Å². The van der Waals surface area contributed by atoms with Gasteiger partial charge >= 0.3 is 6.03 Å². The highest BCUT2D eigenvalue weighted by molar-refractivity contribution is 5.81. The third kappa shape index (κ3) is 3.67. The van der Waals surface area contributed by atoms with Crippen LogP contribution in [-0.4, -0.2) is 71.0 Å². The van der Waals surface area contributed by atoms with E-state index >= 15 is 0 Å². The van der Waals surface area contributed by atoms with Crippen molar-refractivity contribution in [2.75, 3.05) is 44.2 Å². The number of rotatable bonds is 2. The summed E-state index contributed by atoms with van der Waals surface area (Å²) in [5.41, 5.74) is 7.43. The number of piperidine rings is 1. The van der Waals surface area contributed by atoms with Crippen molar-refractivity contribution < 1.29 is 9.59 Å². The minimum atomic E-state index is -0.433. The van der Waals surface area contributed by atoms with Gasteiger partial charge in [0.15, 0.2) is 0 Å². The van der Waals surface area contributed by atoms with Gasteiger partial charge in [-0.2, -0.15) is 0 Å². The minimum Gasteiger partial charge on any atom is -0.353 e. The Hall–Kier alpha value is -2.38. The number of carbonyl (C=O) groups excluding carboxylic acids is 2. The maximum absolute atomic E-state index is 12.8. The van der Waals surface area contributed by atoms with Crippen molar-refractivity contribution in [3.8, 4) is 0 Å². The highest BCUT2D eigenvalue weighted by Gasteiger charge is 2.32. The summed E-state index contributed by atoms with van der Waals surface area (Å²) in [6, 6.07) is -0.433. The van der Waals surface area contributed by atoms with E-state index < -0.39 is 6.03 Å². The first kappa shape index (κ1) is 17.4. The van der Waals surface area contributed by atoms with Crippen molar-refractivity contribution in [3.63, 3.8) is 0 Å². The number of amides is 3. The van der Waals surface area contributed by atoms with Crippen LogP contribution in [0.3, 0.4) is 0 Å². The molecule has 3 amide bonds. The summed E-state index contributed by atoms with van der Waals surface area (Å²) in [4.78, 5) is 38.5. The summed E-state index contributed by atoms with van der Waals surface area (Å²) in [5.74, 6) is 0.967. The van der Waals surface area contributed by atoms with Crippen molar-refractivity contribution in [3.05, 3.63) is 17.6 Å². The number of nitrogens with two attached hydrogens (primary N) is 1. The SMILES string of the molecule is Cc1ncnc(N2CCN(C(=O)[C@@H]3CCCN(C(N)=O)C3)CC2)c1C. The van der Waals surface area contributed by atoms with Crippen LogP contribution >= 0.6 is 0 Å². The van der Waals surface area contributed by atoms with Gasteiger partial charge in [0.2, 0.25) is 5.91 Å². The maximum Gasteiger partial charge on any atom is 0.314 e. The Balaban J connectivity index is 1.59. The van der Waals surface area contributed by atoms with Gasteiger partial charge in [0.05, 0.1) is 5.92 Å². The molecule has 3 heterocycles. The van der Waals surface area contributed by atoms with Gasteiger partial charge in [-0.05, 0) is 26.7 Å². The zero-order valence-electron chi connectivity index (χ0n) is 14.9. The lowest BCUT2D eigenvalue weighted by Gasteiger charge is -2.39. The second-order valence-electron chi connectivity index (χ2n) is 6.84. The molecule has 0 unspecified atom stereocenters. The van der Waals surface area contributed by atoms with Crippen LogP contribution in [0.1, 0.15) is 24.1 Å². The summed E-state index contributed by atoms with van der Waals surface area (Å²) < 4.78 is 0. The molecule has 0 aliphatic carbocycles. The van der Waals surface area contributed by atoms with Crippen molar-refractivity contribution in [2.24, 2.45) is 11.7 Å². The summed E-state index contributed by atoms with van der Waals surface area (Å²) >= 11 is 0. The molecule has 1 atom stereocenters. The van der Waals surface area contributed by atoms with Crippen LogP contribution in [0.4, 0.5) is 10.6 Å². The number of nitrogens with zero attached hydrogens (tertiary/aromatic N) is 5. The summed E-state index contributed by atoms with van der Waals surface area (Å²) in [6.07, 6.45) is 3.25. The largest absolute Gasteiger partial charge is 0.353 e. The predicted octanol–water partition coefficient (Wildman–Crippen LogP) is 0.533. The number of likely N-dealkylation sites (tertiary alicyclic amines) is 1. The van der Waals surface area contributed by atoms with Gasteiger partial charge in [-0.1, -0.05) is 0 Å². The fourth-order valence-electron chi connectivity index (χ4n) is 3.62. The van der Waals surface area contributed by atoms with Crippen LogP contribution in [0.25, 0.3) is 0 Å². The van der Waals surface area contributed by atoms with E-state index in [1.165, 1.54) is 0 Å². The summed E-state index contributed by atoms with van der Waals surface area (Å²) in [7, 11) is 0. The van der Waals surface area contributed by atoms with Gasteiger partial charge < -0.3 is 20.4 Å². The second-order valence-corrected chi connectivity index (χ2v) is 6.84. The van der Waals surface area contributed by atoms with Crippen LogP contribution < -0.4 is 10.6 Å². The molecule has 2 N–H and O–H groups in total. The first-order chi connectivity index (χ1) is 12.0. The van der Waals surface area contributed by atoms with Gasteiger partial charge in [-0.15, -0.1) is 0 Å². The number of aromatic nitrogens is 2. The zero-order valence-corrected chi connectivity index (χ0v) is 14.9. The van der Waals surface area contributed by atoms with Crippen LogP contribution in [0.15, 0.2) is 6.33 Å². The lowest BCUT2D eigenvalue weighted by molar-refractivity contribution is -0.137. The second kappa shape index (κ2) is 7.25. The number of hydrogen-bond acceptors (Lipinski definition) is 5. The molecule has 136 valence electrons. The van der Waals surface area contributed by atoms with E-state index in [4.69, 9.17) is 5.73 Å². The minimum absolute atomic E-state index is 0.129. The van der Waals surface area contributed by atoms with Crippen molar-refractivity contribution >= 4 is 17.8 Å². The Morgan fingerprint density at radius 2 is 1.80 bits per heavy atom. The molecule has 1 aromatic rings. The van der Waals surface area contributed by atoms with Crippen molar-refractivity contribution in [1.82, 2.24) is 19.8 Å². The third-order valence-electron chi connectivity index (χ3n) is 5.28. The lowest BCUT2D eigenvalue weighted by Crippen LogP contribution is -2.53. The Morgan fingerprint density at radius 3 is 2.48 bits per heavy atom. The number of anilines is 1. The van der Waals surface area contributed by atoms with E-state index in [0.717, 1.165) is 43.0 Å². The average molecular weight is 346 g/mol. The van der Waals surface area contributed by atoms with Crippen LogP contribution in [0, 0.1) is 19.8 Å². The Labute approximate surface area is 148 Å². The van der Waals surface area contributed by atoms with Gasteiger partial charge in [-0.25, -0.2) is 14.8 Å². The molecule has 0 aromatic carbocycles. The van der Waals surface area contributed by atoms with Crippen molar-refractivity contribution in [2.45, 2.75) is 26.7 Å². The van der Waals surface area contributed by atoms with E-state index in [-0.39, 0.29) is 11.8 Å². The molecule has 8 nitrogen and oxygen atoms in total. The monoisotopic (exact) mass is 346 g/mol. The molecular formula is C17H26N6O2. The number of primary amides is 1.